The van der Waals surface area contributed by atoms with Gasteiger partial charge in [-0.3, -0.25) is 0 Å². The zero-order valence-electron chi connectivity index (χ0n) is 10.9. The van der Waals surface area contributed by atoms with Gasteiger partial charge >= 0.3 is 6.09 Å². The number of rotatable bonds is 1. The van der Waals surface area contributed by atoms with E-state index in [0.717, 1.165) is 31.4 Å². The fraction of sp³-hybridized carbons (Fsp3) is 0.769. The molecule has 3 nitrogen and oxygen atoms in total. The van der Waals surface area contributed by atoms with Crippen LogP contribution in [0.3, 0.4) is 0 Å². The molecular formula is C13H23NO2. The van der Waals surface area contributed by atoms with E-state index in [1.54, 1.807) is 0 Å². The van der Waals surface area contributed by atoms with Gasteiger partial charge in [-0.2, -0.15) is 0 Å². The first-order chi connectivity index (χ1) is 7.31. The summed E-state index contributed by atoms with van der Waals surface area (Å²) < 4.78 is 5.40. The zero-order valence-corrected chi connectivity index (χ0v) is 10.9. The molecule has 3 heteroatoms. The van der Waals surface area contributed by atoms with Crippen molar-refractivity contribution < 1.29 is 9.53 Å². The monoisotopic (exact) mass is 225 g/mol. The van der Waals surface area contributed by atoms with Crippen molar-refractivity contribution >= 4 is 6.09 Å². The summed E-state index contributed by atoms with van der Waals surface area (Å²) in [6.07, 6.45) is 3.02. The highest BCUT2D eigenvalue weighted by molar-refractivity contribution is 5.69. The third-order valence-electron chi connectivity index (χ3n) is 2.70. The Labute approximate surface area is 98.5 Å². The van der Waals surface area contributed by atoms with Crippen LogP contribution in [-0.2, 0) is 4.74 Å². The molecule has 1 saturated heterocycles. The summed E-state index contributed by atoms with van der Waals surface area (Å²) in [4.78, 5) is 13.8. The number of likely N-dealkylation sites (tertiary alicyclic amines) is 1. The highest BCUT2D eigenvalue weighted by atomic mass is 16.6. The predicted molar refractivity (Wildman–Crippen MR) is 65.4 cm³/mol. The second kappa shape index (κ2) is 4.89. The molecule has 0 bridgehead atoms. The van der Waals surface area contributed by atoms with Crippen LogP contribution < -0.4 is 0 Å². The van der Waals surface area contributed by atoms with Crippen molar-refractivity contribution in [1.29, 1.82) is 0 Å². The lowest BCUT2D eigenvalue weighted by Crippen LogP contribution is -2.46. The zero-order chi connectivity index (χ0) is 12.3. The number of piperidine rings is 1. The van der Waals surface area contributed by atoms with Crippen molar-refractivity contribution in [2.45, 2.75) is 58.6 Å². The van der Waals surface area contributed by atoms with E-state index in [-0.39, 0.29) is 12.1 Å². The number of carbonyl (C=O) groups excluding carboxylic acids is 1. The van der Waals surface area contributed by atoms with Crippen LogP contribution in [0.2, 0.25) is 0 Å². The molecule has 1 fully saturated rings. The molecule has 0 radical (unpaired) electrons. The van der Waals surface area contributed by atoms with Gasteiger partial charge in [-0.1, -0.05) is 12.2 Å². The Balaban J connectivity index is 2.68. The molecule has 0 aromatic rings. The Bertz CT molecular complexity index is 278. The number of ether oxygens (including phenoxy) is 1. The van der Waals surface area contributed by atoms with E-state index in [2.05, 4.69) is 6.58 Å². The van der Waals surface area contributed by atoms with Crippen LogP contribution in [0.5, 0.6) is 0 Å². The first-order valence-corrected chi connectivity index (χ1v) is 5.96. The van der Waals surface area contributed by atoms with E-state index in [1.807, 2.05) is 32.6 Å². The Hall–Kier alpha value is -0.990. The Morgan fingerprint density at radius 3 is 2.50 bits per heavy atom. The van der Waals surface area contributed by atoms with Crippen molar-refractivity contribution in [2.75, 3.05) is 6.54 Å². The van der Waals surface area contributed by atoms with Gasteiger partial charge in [0.2, 0.25) is 0 Å². The smallest absolute Gasteiger partial charge is 0.410 e. The van der Waals surface area contributed by atoms with Crippen LogP contribution in [0.15, 0.2) is 12.2 Å². The van der Waals surface area contributed by atoms with Crippen molar-refractivity contribution in [2.24, 2.45) is 0 Å². The first kappa shape index (κ1) is 13.1. The summed E-state index contributed by atoms with van der Waals surface area (Å²) in [7, 11) is 0. The lowest BCUT2D eigenvalue weighted by Gasteiger charge is -2.37. The molecule has 1 unspecified atom stereocenters. The molecule has 92 valence electrons. The number of hydrogen-bond donors (Lipinski definition) is 0. The van der Waals surface area contributed by atoms with E-state index in [4.69, 9.17) is 4.74 Å². The lowest BCUT2D eigenvalue weighted by molar-refractivity contribution is 0.0138. The minimum atomic E-state index is -0.422. The molecule has 0 N–H and O–H groups in total. The Kier molecular flexibility index (Phi) is 4.00. The molecule has 0 saturated carbocycles. The topological polar surface area (TPSA) is 29.5 Å². The fourth-order valence-corrected chi connectivity index (χ4v) is 1.98. The summed E-state index contributed by atoms with van der Waals surface area (Å²) in [6.45, 7) is 12.4. The van der Waals surface area contributed by atoms with Gasteiger partial charge in [-0.25, -0.2) is 4.79 Å². The molecule has 0 aromatic heterocycles. The average Bonchev–Trinajstić information content (AvgIpc) is 2.15. The molecule has 1 heterocycles. The van der Waals surface area contributed by atoms with Crippen LogP contribution in [0.4, 0.5) is 4.79 Å². The van der Waals surface area contributed by atoms with Gasteiger partial charge in [-0.05, 0) is 47.0 Å². The molecule has 0 spiro atoms. The molecule has 1 aliphatic heterocycles. The molecule has 0 aromatic carbocycles. The standard InChI is InChI=1S/C13H23NO2/c1-10(2)11-8-6-7-9-14(11)12(15)16-13(3,4)5/h11H,1,6-9H2,2-5H3. The van der Waals surface area contributed by atoms with E-state index in [1.165, 1.54) is 0 Å². The van der Waals surface area contributed by atoms with Crippen LogP contribution >= 0.6 is 0 Å². The maximum absolute atomic E-state index is 12.0. The molecule has 1 aliphatic rings. The van der Waals surface area contributed by atoms with E-state index < -0.39 is 5.60 Å². The van der Waals surface area contributed by atoms with Gasteiger partial charge in [0.05, 0.1) is 6.04 Å². The summed E-state index contributed by atoms with van der Waals surface area (Å²) in [5.41, 5.74) is 0.624. The van der Waals surface area contributed by atoms with Gasteiger partial charge in [0.1, 0.15) is 5.60 Å². The van der Waals surface area contributed by atoms with Crippen LogP contribution in [0, 0.1) is 0 Å². The summed E-state index contributed by atoms with van der Waals surface area (Å²) >= 11 is 0. The Morgan fingerprint density at radius 1 is 1.38 bits per heavy atom. The second-order valence-electron chi connectivity index (χ2n) is 5.53. The molecule has 16 heavy (non-hydrogen) atoms. The Morgan fingerprint density at radius 2 is 2.00 bits per heavy atom. The summed E-state index contributed by atoms with van der Waals surface area (Å²) in [5.74, 6) is 0. The third kappa shape index (κ3) is 3.54. The number of carbonyl (C=O) groups is 1. The predicted octanol–water partition coefficient (Wildman–Crippen LogP) is 3.35. The van der Waals surface area contributed by atoms with Crippen LogP contribution in [-0.4, -0.2) is 29.2 Å². The van der Waals surface area contributed by atoms with E-state index in [0.29, 0.717) is 0 Å². The van der Waals surface area contributed by atoms with Gasteiger partial charge in [-0.15, -0.1) is 0 Å². The quantitative estimate of drug-likeness (QED) is 0.640. The van der Waals surface area contributed by atoms with Crippen LogP contribution in [0.25, 0.3) is 0 Å². The lowest BCUT2D eigenvalue weighted by atomic mass is 9.97. The van der Waals surface area contributed by atoms with Crippen molar-refractivity contribution in [1.82, 2.24) is 4.90 Å². The average molecular weight is 225 g/mol. The van der Waals surface area contributed by atoms with Gasteiger partial charge in [0.25, 0.3) is 0 Å². The van der Waals surface area contributed by atoms with Crippen molar-refractivity contribution in [3.05, 3.63) is 12.2 Å². The molecule has 1 atom stereocenters. The first-order valence-electron chi connectivity index (χ1n) is 5.96. The highest BCUT2D eigenvalue weighted by Gasteiger charge is 2.30. The second-order valence-corrected chi connectivity index (χ2v) is 5.53. The summed E-state index contributed by atoms with van der Waals surface area (Å²) in [5, 5.41) is 0. The molecule has 1 rings (SSSR count). The number of nitrogens with zero attached hydrogens (tertiary/aromatic N) is 1. The van der Waals surface area contributed by atoms with Crippen molar-refractivity contribution in [3.8, 4) is 0 Å². The van der Waals surface area contributed by atoms with Gasteiger partial charge in [0, 0.05) is 6.54 Å². The van der Waals surface area contributed by atoms with Gasteiger partial charge in [0.15, 0.2) is 0 Å². The van der Waals surface area contributed by atoms with E-state index >= 15 is 0 Å². The normalized spacial score (nSPS) is 21.8. The van der Waals surface area contributed by atoms with Gasteiger partial charge < -0.3 is 9.64 Å². The highest BCUT2D eigenvalue weighted by Crippen LogP contribution is 2.24. The van der Waals surface area contributed by atoms with E-state index in [9.17, 15) is 4.79 Å². The minimum absolute atomic E-state index is 0.156. The third-order valence-corrected chi connectivity index (χ3v) is 2.70. The largest absolute Gasteiger partial charge is 0.444 e. The molecule has 1 amide bonds. The minimum Gasteiger partial charge on any atom is -0.444 e. The molecule has 0 aliphatic carbocycles. The fourth-order valence-electron chi connectivity index (χ4n) is 1.98. The maximum Gasteiger partial charge on any atom is 0.410 e. The number of amides is 1. The maximum atomic E-state index is 12.0. The SMILES string of the molecule is C=C(C)C1CCCCN1C(=O)OC(C)(C)C. The number of hydrogen-bond acceptors (Lipinski definition) is 2. The summed E-state index contributed by atoms with van der Waals surface area (Å²) in [6, 6.07) is 0.156. The van der Waals surface area contributed by atoms with Crippen LogP contribution in [0.1, 0.15) is 47.0 Å². The van der Waals surface area contributed by atoms with Crippen molar-refractivity contribution in [3.63, 3.8) is 0 Å². The molecular weight excluding hydrogens is 202 g/mol.